The molecule has 0 unspecified atom stereocenters. The first-order chi connectivity index (χ1) is 15.1. The molecule has 1 aromatic carbocycles. The number of carbonyl (C=O) groups is 2. The number of hydrogen-bond acceptors (Lipinski definition) is 6. The van der Waals surface area contributed by atoms with E-state index >= 15 is 0 Å². The van der Waals surface area contributed by atoms with Gasteiger partial charge in [0.15, 0.2) is 0 Å². The normalized spacial score (nSPS) is 18.8. The van der Waals surface area contributed by atoms with Crippen LogP contribution < -0.4 is 5.32 Å². The van der Waals surface area contributed by atoms with Crippen LogP contribution in [0.4, 0.5) is 9.18 Å². The molecule has 6 nitrogen and oxygen atoms in total. The van der Waals surface area contributed by atoms with Crippen LogP contribution in [0.5, 0.6) is 0 Å². The molecule has 1 N–H and O–H groups in total. The molecule has 4 heterocycles. The van der Waals surface area contributed by atoms with E-state index in [2.05, 4.69) is 15.2 Å². The Hall–Kier alpha value is -2.97. The summed E-state index contributed by atoms with van der Waals surface area (Å²) in [7, 11) is 0. The Labute approximate surface area is 182 Å². The number of aromatic nitrogens is 1. The summed E-state index contributed by atoms with van der Waals surface area (Å²) >= 11 is 0.821. The summed E-state index contributed by atoms with van der Waals surface area (Å²) in [5.74, 6) is -0.393. The monoisotopic (exact) mass is 437 g/mol. The van der Waals surface area contributed by atoms with Crippen molar-refractivity contribution in [1.29, 1.82) is 0 Å². The number of amides is 2. The fourth-order valence-electron chi connectivity index (χ4n) is 4.05. The summed E-state index contributed by atoms with van der Waals surface area (Å²) in [5.41, 5.74) is 2.52. The van der Waals surface area contributed by atoms with Crippen LogP contribution in [-0.4, -0.2) is 34.1 Å². The number of furan rings is 1. The second-order valence-corrected chi connectivity index (χ2v) is 8.77. The first-order valence-electron chi connectivity index (χ1n) is 10.2. The number of benzene rings is 1. The minimum Gasteiger partial charge on any atom is -0.456 e. The summed E-state index contributed by atoms with van der Waals surface area (Å²) in [4.78, 5) is 30.1. The number of imide groups is 1. The van der Waals surface area contributed by atoms with Crippen LogP contribution in [0.1, 0.15) is 30.6 Å². The molecule has 158 valence electrons. The highest BCUT2D eigenvalue weighted by Gasteiger charge is 2.25. The Morgan fingerprint density at radius 3 is 2.74 bits per heavy atom. The Kier molecular flexibility index (Phi) is 5.33. The number of nitrogens with zero attached hydrogens (tertiary/aromatic N) is 2. The van der Waals surface area contributed by atoms with Gasteiger partial charge in [0.25, 0.3) is 11.1 Å². The Balaban J connectivity index is 1.50. The predicted molar refractivity (Wildman–Crippen MR) is 118 cm³/mol. The Bertz CT molecular complexity index is 1210. The smallest absolute Gasteiger partial charge is 0.290 e. The second kappa shape index (κ2) is 8.28. The molecule has 0 saturated carbocycles. The van der Waals surface area contributed by atoms with Crippen molar-refractivity contribution in [3.05, 3.63) is 58.7 Å². The van der Waals surface area contributed by atoms with Gasteiger partial charge in [0.2, 0.25) is 0 Å². The zero-order valence-electron chi connectivity index (χ0n) is 16.7. The zero-order valence-corrected chi connectivity index (χ0v) is 17.5. The number of carbonyl (C=O) groups excluding carboxylic acids is 2. The van der Waals surface area contributed by atoms with Crippen LogP contribution in [0.15, 0.2) is 46.0 Å². The van der Waals surface area contributed by atoms with Crippen molar-refractivity contribution in [2.24, 2.45) is 0 Å². The van der Waals surface area contributed by atoms with Crippen molar-refractivity contribution in [3.63, 3.8) is 0 Å². The van der Waals surface area contributed by atoms with Crippen molar-refractivity contribution in [3.8, 4) is 11.1 Å². The largest absolute Gasteiger partial charge is 0.456 e. The van der Waals surface area contributed by atoms with E-state index in [0.717, 1.165) is 37.0 Å². The number of likely N-dealkylation sites (tertiary alicyclic amines) is 1. The predicted octanol–water partition coefficient (Wildman–Crippen LogP) is 4.94. The summed E-state index contributed by atoms with van der Waals surface area (Å²) in [6, 6.07) is 6.90. The number of hydrogen-bond donors (Lipinski definition) is 1. The second-order valence-electron chi connectivity index (χ2n) is 7.76. The minimum atomic E-state index is -0.453. The van der Waals surface area contributed by atoms with Gasteiger partial charge in [-0.05, 0) is 61.5 Å². The van der Waals surface area contributed by atoms with Gasteiger partial charge in [-0.25, -0.2) is 4.39 Å². The molecule has 5 rings (SSSR count). The number of fused-ring (bicyclic) bond motifs is 1. The topological polar surface area (TPSA) is 75.4 Å². The van der Waals surface area contributed by atoms with Gasteiger partial charge in [0.05, 0.1) is 4.91 Å². The van der Waals surface area contributed by atoms with Crippen LogP contribution in [0.3, 0.4) is 0 Å². The highest BCUT2D eigenvalue weighted by Crippen LogP contribution is 2.34. The van der Waals surface area contributed by atoms with Crippen LogP contribution in [-0.2, 0) is 11.3 Å². The summed E-state index contributed by atoms with van der Waals surface area (Å²) in [5, 5.41) is 2.49. The third-order valence-corrected chi connectivity index (χ3v) is 6.34. The van der Waals surface area contributed by atoms with Crippen LogP contribution in [0.25, 0.3) is 28.2 Å². The number of halogens is 1. The number of nitrogens with one attached hydrogen (secondary N) is 1. The lowest BCUT2D eigenvalue weighted by Crippen LogP contribution is -2.29. The summed E-state index contributed by atoms with van der Waals surface area (Å²) < 4.78 is 20.7. The molecular formula is C23H20FN3O3S. The minimum absolute atomic E-state index is 0.258. The van der Waals surface area contributed by atoms with Gasteiger partial charge in [0, 0.05) is 41.5 Å². The molecule has 0 bridgehead atoms. The van der Waals surface area contributed by atoms with Gasteiger partial charge >= 0.3 is 0 Å². The van der Waals surface area contributed by atoms with Crippen LogP contribution in [0.2, 0.25) is 0 Å². The Morgan fingerprint density at radius 1 is 1.13 bits per heavy atom. The molecule has 2 aliphatic heterocycles. The molecule has 31 heavy (non-hydrogen) atoms. The summed E-state index contributed by atoms with van der Waals surface area (Å²) in [6.07, 6.45) is 8.40. The summed E-state index contributed by atoms with van der Waals surface area (Å²) in [6.45, 7) is 2.91. The fourth-order valence-corrected chi connectivity index (χ4v) is 4.71. The number of rotatable bonds is 4. The van der Waals surface area contributed by atoms with Crippen LogP contribution >= 0.6 is 11.8 Å². The maximum absolute atomic E-state index is 14.8. The average molecular weight is 437 g/mol. The van der Waals surface area contributed by atoms with E-state index in [1.165, 1.54) is 31.4 Å². The first kappa shape index (κ1) is 20.0. The molecule has 2 fully saturated rings. The maximum Gasteiger partial charge on any atom is 0.290 e. The number of piperidine rings is 1. The maximum atomic E-state index is 14.8. The van der Waals surface area contributed by atoms with Crippen molar-refractivity contribution in [2.75, 3.05) is 13.1 Å². The molecule has 2 aromatic heterocycles. The Morgan fingerprint density at radius 2 is 1.97 bits per heavy atom. The van der Waals surface area contributed by atoms with Crippen molar-refractivity contribution < 1.29 is 18.4 Å². The number of pyridine rings is 1. The third kappa shape index (κ3) is 4.13. The van der Waals surface area contributed by atoms with Gasteiger partial charge in [-0.15, -0.1) is 0 Å². The van der Waals surface area contributed by atoms with Gasteiger partial charge in [0.1, 0.15) is 17.2 Å². The highest BCUT2D eigenvalue weighted by molar-refractivity contribution is 8.18. The van der Waals surface area contributed by atoms with E-state index in [-0.39, 0.29) is 10.7 Å². The fraction of sp³-hybridized carbons (Fsp3) is 0.261. The van der Waals surface area contributed by atoms with Gasteiger partial charge < -0.3 is 4.42 Å². The van der Waals surface area contributed by atoms with Gasteiger partial charge in [-0.3, -0.25) is 24.8 Å². The molecule has 0 radical (unpaired) electrons. The molecule has 2 aliphatic rings. The van der Waals surface area contributed by atoms with Gasteiger partial charge in [-0.2, -0.15) is 0 Å². The standard InChI is InChI=1S/C23H20FN3O3S/c24-19-5-4-14(13-27-6-2-1-3-7-27)8-17(19)18-12-25-11-15-9-16(30-21(15)18)10-20-22(28)26-23(29)31-20/h4-5,8-12H,1-3,6-7,13H2,(H,26,28,29)/b20-10-. The van der Waals surface area contributed by atoms with E-state index in [4.69, 9.17) is 4.42 Å². The molecule has 2 saturated heterocycles. The SMILES string of the molecule is O=C1NC(=O)/C(=C/c2cc3cncc(-c4cc(CN5CCCCC5)ccc4F)c3o2)S1. The van der Waals surface area contributed by atoms with E-state index < -0.39 is 11.1 Å². The third-order valence-electron chi connectivity index (χ3n) is 5.53. The molecule has 0 atom stereocenters. The van der Waals surface area contributed by atoms with E-state index in [1.807, 2.05) is 12.1 Å². The van der Waals surface area contributed by atoms with E-state index in [0.29, 0.717) is 27.9 Å². The van der Waals surface area contributed by atoms with Crippen LogP contribution in [0, 0.1) is 5.82 Å². The lowest BCUT2D eigenvalue weighted by Gasteiger charge is -2.26. The lowest BCUT2D eigenvalue weighted by atomic mass is 10.0. The van der Waals surface area contributed by atoms with Crippen molar-refractivity contribution >= 4 is 40.0 Å². The molecule has 3 aromatic rings. The molecule has 0 aliphatic carbocycles. The van der Waals surface area contributed by atoms with Crippen molar-refractivity contribution in [2.45, 2.75) is 25.8 Å². The quantitative estimate of drug-likeness (QED) is 0.583. The van der Waals surface area contributed by atoms with E-state index in [1.54, 1.807) is 18.5 Å². The molecule has 8 heteroatoms. The first-order valence-corrected chi connectivity index (χ1v) is 11.0. The molecular weight excluding hydrogens is 417 g/mol. The molecule has 2 amide bonds. The van der Waals surface area contributed by atoms with Gasteiger partial charge in [-0.1, -0.05) is 12.5 Å². The molecule has 0 spiro atoms. The lowest BCUT2D eigenvalue weighted by molar-refractivity contribution is -0.115. The van der Waals surface area contributed by atoms with E-state index in [9.17, 15) is 14.0 Å². The van der Waals surface area contributed by atoms with Crippen molar-refractivity contribution in [1.82, 2.24) is 15.2 Å². The average Bonchev–Trinajstić information content (AvgIpc) is 3.32. The zero-order chi connectivity index (χ0) is 21.4. The highest BCUT2D eigenvalue weighted by atomic mass is 32.2. The number of thioether (sulfide) groups is 1.